The molecule has 0 saturated heterocycles. The van der Waals surface area contributed by atoms with E-state index in [0.29, 0.717) is 11.6 Å². The molecule has 1 heterocycles. The number of pyridine rings is 1. The van der Waals surface area contributed by atoms with Crippen LogP contribution in [0.2, 0.25) is 0 Å². The first-order valence-electron chi connectivity index (χ1n) is 6.70. The maximum Gasteiger partial charge on any atom is 0.219 e. The monoisotopic (exact) mass is 274 g/mol. The molecule has 3 nitrogen and oxygen atoms in total. The van der Waals surface area contributed by atoms with Gasteiger partial charge < -0.3 is 10.1 Å². The van der Waals surface area contributed by atoms with E-state index in [4.69, 9.17) is 4.74 Å². The van der Waals surface area contributed by atoms with Crippen molar-refractivity contribution in [3.8, 4) is 11.6 Å². The fourth-order valence-corrected chi connectivity index (χ4v) is 1.93. The number of hydrogen-bond acceptors (Lipinski definition) is 3. The molecule has 0 radical (unpaired) electrons. The maximum absolute atomic E-state index is 13.3. The van der Waals surface area contributed by atoms with Gasteiger partial charge in [-0.15, -0.1) is 0 Å². The van der Waals surface area contributed by atoms with Crippen molar-refractivity contribution in [2.24, 2.45) is 0 Å². The highest BCUT2D eigenvalue weighted by molar-refractivity contribution is 5.36. The SMILES string of the molecule is CCNCc1cc(C)nc(Oc2cc(F)ccc2C)c1. The van der Waals surface area contributed by atoms with Crippen LogP contribution in [0.3, 0.4) is 0 Å². The van der Waals surface area contributed by atoms with Crippen molar-refractivity contribution in [1.29, 1.82) is 0 Å². The van der Waals surface area contributed by atoms with Gasteiger partial charge >= 0.3 is 0 Å². The number of aryl methyl sites for hydroxylation is 2. The van der Waals surface area contributed by atoms with Crippen LogP contribution in [0.4, 0.5) is 4.39 Å². The molecule has 20 heavy (non-hydrogen) atoms. The minimum Gasteiger partial charge on any atom is -0.439 e. The molecule has 0 spiro atoms. The van der Waals surface area contributed by atoms with Crippen LogP contribution >= 0.6 is 0 Å². The molecule has 0 bridgehead atoms. The van der Waals surface area contributed by atoms with Crippen LogP contribution in [0.15, 0.2) is 30.3 Å². The Balaban J connectivity index is 2.24. The number of rotatable bonds is 5. The van der Waals surface area contributed by atoms with E-state index in [-0.39, 0.29) is 5.82 Å². The van der Waals surface area contributed by atoms with E-state index in [1.807, 2.05) is 26.0 Å². The molecule has 0 saturated carbocycles. The average molecular weight is 274 g/mol. The molecule has 0 unspecified atom stereocenters. The number of nitrogens with one attached hydrogen (secondary N) is 1. The van der Waals surface area contributed by atoms with Crippen LogP contribution < -0.4 is 10.1 Å². The van der Waals surface area contributed by atoms with Crippen LogP contribution in [0.1, 0.15) is 23.7 Å². The van der Waals surface area contributed by atoms with Crippen molar-refractivity contribution in [1.82, 2.24) is 10.3 Å². The van der Waals surface area contributed by atoms with Gasteiger partial charge in [0.05, 0.1) is 0 Å². The number of nitrogens with zero attached hydrogens (tertiary/aromatic N) is 1. The zero-order chi connectivity index (χ0) is 14.5. The van der Waals surface area contributed by atoms with Crippen molar-refractivity contribution in [3.05, 3.63) is 53.0 Å². The molecule has 0 fully saturated rings. The van der Waals surface area contributed by atoms with Crippen molar-refractivity contribution in [3.63, 3.8) is 0 Å². The van der Waals surface area contributed by atoms with Crippen molar-refractivity contribution >= 4 is 0 Å². The Labute approximate surface area is 118 Å². The van der Waals surface area contributed by atoms with Gasteiger partial charge in [-0.2, -0.15) is 0 Å². The van der Waals surface area contributed by atoms with Crippen molar-refractivity contribution < 1.29 is 9.13 Å². The summed E-state index contributed by atoms with van der Waals surface area (Å²) in [6.45, 7) is 7.52. The normalized spacial score (nSPS) is 10.6. The summed E-state index contributed by atoms with van der Waals surface area (Å²) in [7, 11) is 0. The first-order chi connectivity index (χ1) is 9.58. The first kappa shape index (κ1) is 14.5. The lowest BCUT2D eigenvalue weighted by molar-refractivity contribution is 0.452. The highest BCUT2D eigenvalue weighted by Gasteiger charge is 2.06. The summed E-state index contributed by atoms with van der Waals surface area (Å²) in [6.07, 6.45) is 0. The maximum atomic E-state index is 13.3. The average Bonchev–Trinajstić information content (AvgIpc) is 2.40. The van der Waals surface area contributed by atoms with E-state index in [2.05, 4.69) is 17.2 Å². The molecule has 0 aliphatic heterocycles. The Bertz CT molecular complexity index is 599. The molecule has 0 amide bonds. The topological polar surface area (TPSA) is 34.2 Å². The standard InChI is InChI=1S/C16H19FN2O/c1-4-18-10-13-7-12(3)19-16(8-13)20-15-9-14(17)6-5-11(15)2/h5-9,18H,4,10H2,1-3H3. The van der Waals surface area contributed by atoms with E-state index in [0.717, 1.165) is 29.9 Å². The molecule has 4 heteroatoms. The molecule has 0 atom stereocenters. The van der Waals surface area contributed by atoms with Gasteiger partial charge in [0, 0.05) is 24.4 Å². The van der Waals surface area contributed by atoms with Gasteiger partial charge in [0.15, 0.2) is 0 Å². The third kappa shape index (κ3) is 3.78. The summed E-state index contributed by atoms with van der Waals surface area (Å²) < 4.78 is 19.0. The second-order valence-corrected chi connectivity index (χ2v) is 4.75. The molecule has 0 aliphatic rings. The predicted octanol–water partition coefficient (Wildman–Crippen LogP) is 3.74. The van der Waals surface area contributed by atoms with E-state index in [1.54, 1.807) is 6.07 Å². The Kier molecular flexibility index (Phi) is 4.69. The van der Waals surface area contributed by atoms with Crippen molar-refractivity contribution in [2.45, 2.75) is 27.3 Å². The van der Waals surface area contributed by atoms with E-state index < -0.39 is 0 Å². The predicted molar refractivity (Wildman–Crippen MR) is 77.6 cm³/mol. The third-order valence-corrected chi connectivity index (χ3v) is 2.93. The lowest BCUT2D eigenvalue weighted by Crippen LogP contribution is -2.12. The lowest BCUT2D eigenvalue weighted by Gasteiger charge is -2.10. The fraction of sp³-hybridized carbons (Fsp3) is 0.312. The fourth-order valence-electron chi connectivity index (χ4n) is 1.93. The molecule has 106 valence electrons. The minimum atomic E-state index is -0.314. The number of benzene rings is 1. The van der Waals surface area contributed by atoms with Crippen molar-refractivity contribution in [2.75, 3.05) is 6.54 Å². The second kappa shape index (κ2) is 6.48. The van der Waals surface area contributed by atoms with E-state index >= 15 is 0 Å². The number of aromatic nitrogens is 1. The highest BCUT2D eigenvalue weighted by atomic mass is 19.1. The largest absolute Gasteiger partial charge is 0.439 e. The van der Waals surface area contributed by atoms with Crippen LogP contribution in [0.25, 0.3) is 0 Å². The van der Waals surface area contributed by atoms with Crippen LogP contribution in [0.5, 0.6) is 11.6 Å². The quantitative estimate of drug-likeness (QED) is 0.902. The smallest absolute Gasteiger partial charge is 0.219 e. The van der Waals surface area contributed by atoms with Gasteiger partial charge in [-0.1, -0.05) is 13.0 Å². The molecular weight excluding hydrogens is 255 g/mol. The summed E-state index contributed by atoms with van der Waals surface area (Å²) in [5.74, 6) is 0.676. The zero-order valence-corrected chi connectivity index (χ0v) is 12.0. The Morgan fingerprint density at radius 1 is 1.20 bits per heavy atom. The second-order valence-electron chi connectivity index (χ2n) is 4.75. The van der Waals surface area contributed by atoms with Gasteiger partial charge in [0.1, 0.15) is 11.6 Å². The van der Waals surface area contributed by atoms with Gasteiger partial charge in [0.25, 0.3) is 0 Å². The van der Waals surface area contributed by atoms with Gasteiger partial charge in [-0.05, 0) is 43.7 Å². The third-order valence-electron chi connectivity index (χ3n) is 2.93. The Morgan fingerprint density at radius 3 is 2.75 bits per heavy atom. The van der Waals surface area contributed by atoms with Gasteiger partial charge in [-0.25, -0.2) is 9.37 Å². The first-order valence-corrected chi connectivity index (χ1v) is 6.70. The minimum absolute atomic E-state index is 0.314. The Hall–Kier alpha value is -1.94. The summed E-state index contributed by atoms with van der Waals surface area (Å²) >= 11 is 0. The summed E-state index contributed by atoms with van der Waals surface area (Å²) in [4.78, 5) is 4.34. The van der Waals surface area contributed by atoms with Crippen LogP contribution in [-0.2, 0) is 6.54 Å². The molecule has 1 aromatic carbocycles. The van der Waals surface area contributed by atoms with Crippen LogP contribution in [-0.4, -0.2) is 11.5 Å². The lowest BCUT2D eigenvalue weighted by atomic mass is 10.2. The summed E-state index contributed by atoms with van der Waals surface area (Å²) in [5.41, 5.74) is 2.86. The Morgan fingerprint density at radius 2 is 2.00 bits per heavy atom. The summed E-state index contributed by atoms with van der Waals surface area (Å²) in [5, 5.41) is 3.26. The summed E-state index contributed by atoms with van der Waals surface area (Å²) in [6, 6.07) is 8.37. The molecule has 1 N–H and O–H groups in total. The van der Waals surface area contributed by atoms with Crippen LogP contribution in [0, 0.1) is 19.7 Å². The molecule has 2 aromatic rings. The number of halogens is 1. The highest BCUT2D eigenvalue weighted by Crippen LogP contribution is 2.25. The molecule has 1 aromatic heterocycles. The van der Waals surface area contributed by atoms with E-state index in [1.165, 1.54) is 12.1 Å². The van der Waals surface area contributed by atoms with Gasteiger partial charge in [0.2, 0.25) is 5.88 Å². The molecular formula is C16H19FN2O. The van der Waals surface area contributed by atoms with E-state index in [9.17, 15) is 4.39 Å². The van der Waals surface area contributed by atoms with Gasteiger partial charge in [-0.3, -0.25) is 0 Å². The zero-order valence-electron chi connectivity index (χ0n) is 12.0. The molecule has 0 aliphatic carbocycles. The molecule has 2 rings (SSSR count). The number of hydrogen-bond donors (Lipinski definition) is 1. The number of ether oxygens (including phenoxy) is 1.